The van der Waals surface area contributed by atoms with Crippen LogP contribution in [0.3, 0.4) is 0 Å². The van der Waals surface area contributed by atoms with Gasteiger partial charge in [0.25, 0.3) is 5.91 Å². The van der Waals surface area contributed by atoms with Gasteiger partial charge in [0.15, 0.2) is 0 Å². The van der Waals surface area contributed by atoms with Crippen molar-refractivity contribution >= 4 is 11.7 Å². The summed E-state index contributed by atoms with van der Waals surface area (Å²) in [4.78, 5) is 20.7. The zero-order chi connectivity index (χ0) is 19.8. The number of aromatic nitrogens is 2. The lowest BCUT2D eigenvalue weighted by molar-refractivity contribution is 0.0949. The minimum atomic E-state index is -0.230. The van der Waals surface area contributed by atoms with E-state index in [1.165, 1.54) is 17.3 Å². The highest BCUT2D eigenvalue weighted by Gasteiger charge is 2.08. The van der Waals surface area contributed by atoms with Crippen molar-refractivity contribution in [2.24, 2.45) is 0 Å². The average molecular weight is 376 g/mol. The molecule has 6 heteroatoms. The maximum absolute atomic E-state index is 12.2. The third-order valence-corrected chi connectivity index (χ3v) is 4.46. The van der Waals surface area contributed by atoms with Crippen molar-refractivity contribution in [1.29, 1.82) is 0 Å². The van der Waals surface area contributed by atoms with Gasteiger partial charge >= 0.3 is 0 Å². The Kier molecular flexibility index (Phi) is 6.57. The van der Waals surface area contributed by atoms with Gasteiger partial charge in [-0.1, -0.05) is 36.4 Å². The molecule has 28 heavy (non-hydrogen) atoms. The Bertz CT molecular complexity index is 909. The minimum Gasteiger partial charge on any atom is -0.497 e. The molecule has 3 rings (SSSR count). The summed E-state index contributed by atoms with van der Waals surface area (Å²) >= 11 is 0. The molecule has 1 amide bonds. The summed E-state index contributed by atoms with van der Waals surface area (Å²) in [5.74, 6) is 1.23. The molecule has 2 aromatic carbocycles. The number of carbonyl (C=O) groups excluding carboxylic acids is 1. The number of nitrogens with zero attached hydrogens (tertiary/aromatic N) is 2. The van der Waals surface area contributed by atoms with Gasteiger partial charge < -0.3 is 15.4 Å². The number of amides is 1. The molecule has 0 fully saturated rings. The molecule has 0 aliphatic carbocycles. The maximum Gasteiger partial charge on any atom is 0.271 e. The van der Waals surface area contributed by atoms with E-state index >= 15 is 0 Å². The van der Waals surface area contributed by atoms with Gasteiger partial charge in [-0.25, -0.2) is 9.97 Å². The van der Waals surface area contributed by atoms with Crippen molar-refractivity contribution in [2.45, 2.75) is 19.9 Å². The molecule has 1 aromatic heterocycles. The lowest BCUT2D eigenvalue weighted by Gasteiger charge is -2.09. The quantitative estimate of drug-likeness (QED) is 0.630. The summed E-state index contributed by atoms with van der Waals surface area (Å²) in [5, 5.41) is 6.09. The van der Waals surface area contributed by atoms with Crippen LogP contribution < -0.4 is 15.4 Å². The van der Waals surface area contributed by atoms with Gasteiger partial charge in [0.2, 0.25) is 0 Å². The molecule has 0 saturated carbocycles. The maximum atomic E-state index is 12.2. The van der Waals surface area contributed by atoms with Crippen LogP contribution in [0.15, 0.2) is 60.9 Å². The number of hydrogen-bond acceptors (Lipinski definition) is 5. The molecule has 0 unspecified atom stereocenters. The van der Waals surface area contributed by atoms with E-state index in [0.717, 1.165) is 17.7 Å². The van der Waals surface area contributed by atoms with E-state index in [4.69, 9.17) is 4.74 Å². The van der Waals surface area contributed by atoms with Crippen LogP contribution in [0.2, 0.25) is 0 Å². The van der Waals surface area contributed by atoms with Crippen LogP contribution in [0.4, 0.5) is 5.82 Å². The molecule has 0 bridgehead atoms. The highest BCUT2D eigenvalue weighted by atomic mass is 16.5. The molecule has 0 spiro atoms. The Morgan fingerprint density at radius 3 is 2.50 bits per heavy atom. The summed E-state index contributed by atoms with van der Waals surface area (Å²) in [7, 11) is 1.64. The summed E-state index contributed by atoms with van der Waals surface area (Å²) in [6.45, 7) is 3.26. The molecule has 2 N–H and O–H groups in total. The summed E-state index contributed by atoms with van der Waals surface area (Å²) in [5.41, 5.74) is 3.85. The minimum absolute atomic E-state index is 0.230. The number of hydrogen-bond donors (Lipinski definition) is 2. The van der Waals surface area contributed by atoms with Crippen molar-refractivity contribution in [1.82, 2.24) is 15.3 Å². The van der Waals surface area contributed by atoms with Crippen LogP contribution in [0.25, 0.3) is 0 Å². The summed E-state index contributed by atoms with van der Waals surface area (Å²) < 4.78 is 5.14. The Labute approximate surface area is 165 Å². The monoisotopic (exact) mass is 376 g/mol. The Balaban J connectivity index is 1.47. The first-order valence-electron chi connectivity index (χ1n) is 9.17. The van der Waals surface area contributed by atoms with Crippen molar-refractivity contribution in [3.63, 3.8) is 0 Å². The van der Waals surface area contributed by atoms with Crippen LogP contribution in [-0.4, -0.2) is 29.5 Å². The van der Waals surface area contributed by atoms with E-state index in [0.29, 0.717) is 24.6 Å². The fraction of sp³-hybridized carbons (Fsp3) is 0.227. The molecule has 0 aliphatic heterocycles. The van der Waals surface area contributed by atoms with E-state index in [1.807, 2.05) is 36.4 Å². The van der Waals surface area contributed by atoms with E-state index in [1.54, 1.807) is 13.3 Å². The first-order valence-corrected chi connectivity index (χ1v) is 9.17. The highest BCUT2D eigenvalue weighted by molar-refractivity contribution is 5.92. The molecule has 0 atom stereocenters. The topological polar surface area (TPSA) is 76.1 Å². The lowest BCUT2D eigenvalue weighted by atomic mass is 10.1. The highest BCUT2D eigenvalue weighted by Crippen LogP contribution is 2.12. The lowest BCUT2D eigenvalue weighted by Crippen LogP contribution is -2.26. The number of methoxy groups -OCH3 is 1. The van der Waals surface area contributed by atoms with Crippen molar-refractivity contribution < 1.29 is 9.53 Å². The second-order valence-corrected chi connectivity index (χ2v) is 6.42. The third kappa shape index (κ3) is 5.30. The van der Waals surface area contributed by atoms with E-state index < -0.39 is 0 Å². The Morgan fingerprint density at radius 1 is 1.04 bits per heavy atom. The Hall–Kier alpha value is -3.41. The van der Waals surface area contributed by atoms with Crippen molar-refractivity contribution in [3.8, 4) is 5.75 Å². The van der Waals surface area contributed by atoms with Crippen molar-refractivity contribution in [2.75, 3.05) is 19.0 Å². The molecular weight excluding hydrogens is 352 g/mol. The van der Waals surface area contributed by atoms with Gasteiger partial charge in [0, 0.05) is 13.1 Å². The second kappa shape index (κ2) is 9.50. The van der Waals surface area contributed by atoms with Crippen LogP contribution in [0.5, 0.6) is 5.75 Å². The fourth-order valence-electron chi connectivity index (χ4n) is 2.73. The zero-order valence-corrected chi connectivity index (χ0v) is 16.1. The molecule has 6 nitrogen and oxygen atoms in total. The number of benzene rings is 2. The Morgan fingerprint density at radius 2 is 1.82 bits per heavy atom. The first kappa shape index (κ1) is 19.4. The van der Waals surface area contributed by atoms with Gasteiger partial charge in [-0.2, -0.15) is 0 Å². The van der Waals surface area contributed by atoms with Gasteiger partial charge in [0.1, 0.15) is 17.3 Å². The average Bonchev–Trinajstić information content (AvgIpc) is 2.74. The van der Waals surface area contributed by atoms with E-state index in [-0.39, 0.29) is 5.91 Å². The van der Waals surface area contributed by atoms with E-state index in [9.17, 15) is 4.79 Å². The molecule has 0 saturated heterocycles. The number of nitrogens with one attached hydrogen (secondary N) is 2. The standard InChI is InChI=1S/C22H24N4O2/c1-16-5-3-4-6-18(16)13-25-21-15-24-20(14-26-21)22(27)23-12-11-17-7-9-19(28-2)10-8-17/h3-10,14-15H,11-13H2,1-2H3,(H,23,27)(H,25,26). The van der Waals surface area contributed by atoms with Gasteiger partial charge in [0.05, 0.1) is 19.5 Å². The van der Waals surface area contributed by atoms with Gasteiger partial charge in [-0.3, -0.25) is 4.79 Å². The largest absolute Gasteiger partial charge is 0.497 e. The van der Waals surface area contributed by atoms with Gasteiger partial charge in [-0.05, 0) is 42.2 Å². The number of aryl methyl sites for hydroxylation is 1. The van der Waals surface area contributed by atoms with Crippen LogP contribution in [0.1, 0.15) is 27.2 Å². The number of ether oxygens (including phenoxy) is 1. The summed E-state index contributed by atoms with van der Waals surface area (Å²) in [6, 6.07) is 16.0. The predicted molar refractivity (Wildman–Crippen MR) is 110 cm³/mol. The first-order chi connectivity index (χ1) is 13.7. The molecule has 144 valence electrons. The van der Waals surface area contributed by atoms with Crippen molar-refractivity contribution in [3.05, 3.63) is 83.3 Å². The van der Waals surface area contributed by atoms with Crippen LogP contribution >= 0.6 is 0 Å². The van der Waals surface area contributed by atoms with Crippen LogP contribution in [0, 0.1) is 6.92 Å². The molecule has 0 aliphatic rings. The number of anilines is 1. The van der Waals surface area contributed by atoms with Crippen LogP contribution in [-0.2, 0) is 13.0 Å². The van der Waals surface area contributed by atoms with Gasteiger partial charge in [-0.15, -0.1) is 0 Å². The number of carbonyl (C=O) groups is 1. The SMILES string of the molecule is COc1ccc(CCNC(=O)c2cnc(NCc3ccccc3C)cn2)cc1. The molecule has 1 heterocycles. The normalized spacial score (nSPS) is 10.4. The predicted octanol–water partition coefficient (Wildman–Crippen LogP) is 3.38. The third-order valence-electron chi connectivity index (χ3n) is 4.46. The molecule has 3 aromatic rings. The zero-order valence-electron chi connectivity index (χ0n) is 16.1. The number of rotatable bonds is 8. The molecular formula is C22H24N4O2. The fourth-order valence-corrected chi connectivity index (χ4v) is 2.73. The second-order valence-electron chi connectivity index (χ2n) is 6.42. The molecule has 0 radical (unpaired) electrons. The summed E-state index contributed by atoms with van der Waals surface area (Å²) in [6.07, 6.45) is 3.80. The van der Waals surface area contributed by atoms with E-state index in [2.05, 4.69) is 39.7 Å². The smallest absolute Gasteiger partial charge is 0.271 e.